The zero-order chi connectivity index (χ0) is 20.6. The number of rotatable bonds is 4. The second kappa shape index (κ2) is 7.20. The molecule has 0 bridgehead atoms. The third-order valence-electron chi connectivity index (χ3n) is 5.05. The lowest BCUT2D eigenvalue weighted by Crippen LogP contribution is -2.41. The number of fused-ring (bicyclic) bond motifs is 1. The summed E-state index contributed by atoms with van der Waals surface area (Å²) in [5, 5.41) is 2.65. The molecule has 1 atom stereocenters. The lowest BCUT2D eigenvalue weighted by molar-refractivity contribution is -0.130. The van der Waals surface area contributed by atoms with E-state index >= 15 is 0 Å². The van der Waals surface area contributed by atoms with Gasteiger partial charge >= 0.3 is 6.03 Å². The van der Waals surface area contributed by atoms with Crippen molar-refractivity contribution in [2.75, 3.05) is 19.8 Å². The first-order chi connectivity index (χ1) is 13.9. The van der Waals surface area contributed by atoms with Gasteiger partial charge in [0, 0.05) is 12.0 Å². The van der Waals surface area contributed by atoms with Crippen molar-refractivity contribution in [2.24, 2.45) is 0 Å². The van der Waals surface area contributed by atoms with Gasteiger partial charge in [0.05, 0.1) is 19.8 Å². The second-order valence-corrected chi connectivity index (χ2v) is 7.09. The number of hydrogen-bond donors (Lipinski definition) is 1. The SMILES string of the molecule is C[C@@]1(c2ccc3c(c2)OCCCO3)NC(=O)N(CC(=O)c2cccc(F)c2)C1=O. The van der Waals surface area contributed by atoms with Crippen LogP contribution in [0.2, 0.25) is 0 Å². The fourth-order valence-electron chi connectivity index (χ4n) is 3.41. The van der Waals surface area contributed by atoms with Crippen LogP contribution in [0, 0.1) is 5.82 Å². The van der Waals surface area contributed by atoms with E-state index in [-0.39, 0.29) is 5.56 Å². The van der Waals surface area contributed by atoms with Crippen molar-refractivity contribution in [1.82, 2.24) is 10.2 Å². The summed E-state index contributed by atoms with van der Waals surface area (Å²) in [5.41, 5.74) is -0.750. The minimum atomic E-state index is -1.36. The number of carbonyl (C=O) groups excluding carboxylic acids is 3. The molecule has 8 heteroatoms. The summed E-state index contributed by atoms with van der Waals surface area (Å²) >= 11 is 0. The van der Waals surface area contributed by atoms with Crippen molar-refractivity contribution < 1.29 is 28.2 Å². The molecule has 0 unspecified atom stereocenters. The van der Waals surface area contributed by atoms with Crippen molar-refractivity contribution in [3.63, 3.8) is 0 Å². The van der Waals surface area contributed by atoms with E-state index in [2.05, 4.69) is 5.32 Å². The lowest BCUT2D eigenvalue weighted by atomic mass is 9.91. The van der Waals surface area contributed by atoms with Crippen LogP contribution in [0.5, 0.6) is 11.5 Å². The van der Waals surface area contributed by atoms with Crippen molar-refractivity contribution in [3.05, 3.63) is 59.4 Å². The van der Waals surface area contributed by atoms with E-state index in [9.17, 15) is 18.8 Å². The first-order valence-corrected chi connectivity index (χ1v) is 9.21. The third-order valence-corrected chi connectivity index (χ3v) is 5.05. The van der Waals surface area contributed by atoms with E-state index in [0.717, 1.165) is 17.4 Å². The average Bonchev–Trinajstić information content (AvgIpc) is 2.86. The normalized spacial score (nSPS) is 21.0. The summed E-state index contributed by atoms with van der Waals surface area (Å²) < 4.78 is 24.6. The number of ketones is 1. The molecule has 2 aromatic carbocycles. The van der Waals surface area contributed by atoms with E-state index in [1.807, 2.05) is 0 Å². The predicted octanol–water partition coefficient (Wildman–Crippen LogP) is 2.64. The number of carbonyl (C=O) groups is 3. The Hall–Kier alpha value is -3.42. The molecule has 0 saturated carbocycles. The van der Waals surface area contributed by atoms with Crippen molar-refractivity contribution in [3.8, 4) is 11.5 Å². The summed E-state index contributed by atoms with van der Waals surface area (Å²) in [6.07, 6.45) is 0.743. The van der Waals surface area contributed by atoms with Gasteiger partial charge in [0.15, 0.2) is 17.3 Å². The highest BCUT2D eigenvalue weighted by Gasteiger charge is 2.49. The maximum absolute atomic E-state index is 13.4. The molecule has 2 aliphatic rings. The van der Waals surface area contributed by atoms with Crippen LogP contribution >= 0.6 is 0 Å². The third kappa shape index (κ3) is 3.41. The topological polar surface area (TPSA) is 84.9 Å². The summed E-state index contributed by atoms with van der Waals surface area (Å²) in [6, 6.07) is 9.48. The fraction of sp³-hybridized carbons (Fsp3) is 0.286. The maximum atomic E-state index is 13.4. The zero-order valence-electron chi connectivity index (χ0n) is 15.7. The standard InChI is InChI=1S/C21H19FN2O5/c1-21(14-6-7-17-18(11-14)29-9-3-8-28-17)19(26)24(20(27)23-21)12-16(25)13-4-2-5-15(22)10-13/h2,4-7,10-11H,3,8-9,12H2,1H3,(H,23,27)/t21-/m0/s1. The summed E-state index contributed by atoms with van der Waals surface area (Å²) in [5.74, 6) is -0.593. The number of amides is 3. The Morgan fingerprint density at radius 3 is 2.66 bits per heavy atom. The minimum absolute atomic E-state index is 0.0924. The number of imide groups is 1. The van der Waals surface area contributed by atoms with Crippen LogP contribution in [0.15, 0.2) is 42.5 Å². The molecule has 0 radical (unpaired) electrons. The Labute approximate surface area is 166 Å². The molecule has 29 heavy (non-hydrogen) atoms. The molecular weight excluding hydrogens is 379 g/mol. The minimum Gasteiger partial charge on any atom is -0.490 e. The number of Topliss-reactive ketones (excluding diaryl/α,β-unsaturated/α-hetero) is 1. The Morgan fingerprint density at radius 2 is 1.90 bits per heavy atom. The van der Waals surface area contributed by atoms with Crippen LogP contribution in [0.3, 0.4) is 0 Å². The predicted molar refractivity (Wildman–Crippen MR) is 100 cm³/mol. The van der Waals surface area contributed by atoms with Crippen LogP contribution < -0.4 is 14.8 Å². The highest BCUT2D eigenvalue weighted by molar-refractivity contribution is 6.11. The van der Waals surface area contributed by atoms with Gasteiger partial charge in [-0.1, -0.05) is 18.2 Å². The highest BCUT2D eigenvalue weighted by Crippen LogP contribution is 2.36. The molecule has 0 aliphatic carbocycles. The molecule has 1 fully saturated rings. The van der Waals surface area contributed by atoms with Crippen molar-refractivity contribution in [1.29, 1.82) is 0 Å². The molecule has 2 aromatic rings. The monoisotopic (exact) mass is 398 g/mol. The summed E-state index contributed by atoms with van der Waals surface area (Å²) in [6.45, 7) is 2.12. The van der Waals surface area contributed by atoms with E-state index in [1.165, 1.54) is 18.2 Å². The largest absolute Gasteiger partial charge is 0.490 e. The van der Waals surface area contributed by atoms with Gasteiger partial charge in [-0.25, -0.2) is 9.18 Å². The van der Waals surface area contributed by atoms with Crippen LogP contribution in [-0.4, -0.2) is 42.4 Å². The van der Waals surface area contributed by atoms with Crippen LogP contribution in [0.4, 0.5) is 9.18 Å². The molecule has 2 aliphatic heterocycles. The Bertz CT molecular complexity index is 1010. The average molecular weight is 398 g/mol. The Morgan fingerprint density at radius 1 is 1.14 bits per heavy atom. The number of urea groups is 1. The molecular formula is C21H19FN2O5. The van der Waals surface area contributed by atoms with Crippen LogP contribution in [-0.2, 0) is 10.3 Å². The molecule has 7 nitrogen and oxygen atoms in total. The number of nitrogens with zero attached hydrogens (tertiary/aromatic N) is 1. The Kier molecular flexibility index (Phi) is 4.70. The van der Waals surface area contributed by atoms with Gasteiger partial charge in [0.1, 0.15) is 11.4 Å². The highest BCUT2D eigenvalue weighted by atomic mass is 19.1. The number of ether oxygens (including phenoxy) is 2. The van der Waals surface area contributed by atoms with Gasteiger partial charge in [-0.15, -0.1) is 0 Å². The van der Waals surface area contributed by atoms with E-state index in [4.69, 9.17) is 9.47 Å². The number of nitrogens with one attached hydrogen (secondary N) is 1. The van der Waals surface area contributed by atoms with Gasteiger partial charge in [0.25, 0.3) is 5.91 Å². The molecule has 1 N–H and O–H groups in total. The van der Waals surface area contributed by atoms with Crippen LogP contribution in [0.1, 0.15) is 29.3 Å². The number of benzene rings is 2. The quantitative estimate of drug-likeness (QED) is 0.632. The van der Waals surface area contributed by atoms with Gasteiger partial charge in [0.2, 0.25) is 0 Å². The fourth-order valence-corrected chi connectivity index (χ4v) is 3.41. The van der Waals surface area contributed by atoms with Gasteiger partial charge in [-0.2, -0.15) is 0 Å². The van der Waals surface area contributed by atoms with Gasteiger partial charge < -0.3 is 14.8 Å². The molecule has 4 rings (SSSR count). The first kappa shape index (κ1) is 18.9. The van der Waals surface area contributed by atoms with E-state index < -0.39 is 35.6 Å². The summed E-state index contributed by atoms with van der Waals surface area (Å²) in [7, 11) is 0. The molecule has 0 spiro atoms. The van der Waals surface area contributed by atoms with Crippen molar-refractivity contribution in [2.45, 2.75) is 18.9 Å². The molecule has 2 heterocycles. The maximum Gasteiger partial charge on any atom is 0.325 e. The number of halogens is 1. The van der Waals surface area contributed by atoms with Gasteiger partial charge in [-0.3, -0.25) is 14.5 Å². The second-order valence-electron chi connectivity index (χ2n) is 7.09. The van der Waals surface area contributed by atoms with Crippen LogP contribution in [0.25, 0.3) is 0 Å². The van der Waals surface area contributed by atoms with Gasteiger partial charge in [-0.05, 0) is 36.8 Å². The van der Waals surface area contributed by atoms with E-state index in [0.29, 0.717) is 30.3 Å². The first-order valence-electron chi connectivity index (χ1n) is 9.21. The molecule has 3 amide bonds. The molecule has 150 valence electrons. The van der Waals surface area contributed by atoms with E-state index in [1.54, 1.807) is 25.1 Å². The molecule has 0 aromatic heterocycles. The molecule has 1 saturated heterocycles. The zero-order valence-corrected chi connectivity index (χ0v) is 15.7. The Balaban J connectivity index is 1.58. The number of hydrogen-bond acceptors (Lipinski definition) is 5. The van der Waals surface area contributed by atoms with Crippen molar-refractivity contribution >= 4 is 17.7 Å². The lowest BCUT2D eigenvalue weighted by Gasteiger charge is -2.23. The smallest absolute Gasteiger partial charge is 0.325 e. The summed E-state index contributed by atoms with van der Waals surface area (Å²) in [4.78, 5) is 38.8.